The Kier molecular flexibility index (Phi) is 18.4. The van der Waals surface area contributed by atoms with Crippen LogP contribution in [0.4, 0.5) is 0 Å². The van der Waals surface area contributed by atoms with Gasteiger partial charge in [0.25, 0.3) is 0 Å². The molecule has 17 heteroatoms. The molecule has 2 rings (SSSR count). The van der Waals surface area contributed by atoms with E-state index in [1.54, 1.807) is 13.0 Å². The van der Waals surface area contributed by atoms with E-state index >= 15 is 0 Å². The van der Waals surface area contributed by atoms with Crippen molar-refractivity contribution in [1.29, 1.82) is 0 Å². The van der Waals surface area contributed by atoms with Crippen LogP contribution in [0.25, 0.3) is 0 Å². The van der Waals surface area contributed by atoms with Gasteiger partial charge in [-0.15, -0.1) is 0 Å². The summed E-state index contributed by atoms with van der Waals surface area (Å²) in [7, 11) is -9.53. The largest absolute Gasteiger partial charge is 1.00 e. The Labute approximate surface area is 278 Å². The van der Waals surface area contributed by atoms with Crippen molar-refractivity contribution in [1.82, 2.24) is 9.80 Å². The number of aliphatic hydroxyl groups excluding tert-OH is 3. The summed E-state index contributed by atoms with van der Waals surface area (Å²) in [6.45, 7) is 1.34. The average Bonchev–Trinajstić information content (AvgIpc) is 2.87. The molecule has 2 aromatic rings. The second kappa shape index (κ2) is 18.6. The molecule has 1 atom stereocenters. The van der Waals surface area contributed by atoms with Gasteiger partial charge in [0.05, 0.1) is 19.8 Å². The molecule has 0 aliphatic carbocycles. The average molecular weight is 685 g/mol. The van der Waals surface area contributed by atoms with E-state index in [0.717, 1.165) is 0 Å². The van der Waals surface area contributed by atoms with Crippen LogP contribution < -0.4 is 29.6 Å². The number of aryl methyl sites for hydroxylation is 1. The Balaban J connectivity index is 0.00000840. The van der Waals surface area contributed by atoms with E-state index in [9.17, 15) is 54.2 Å². The minimum absolute atomic E-state index is 0. The fourth-order valence-electron chi connectivity index (χ4n) is 4.79. The minimum atomic E-state index is -4.91. The smallest absolute Gasteiger partial charge is 0.508 e. The van der Waals surface area contributed by atoms with Gasteiger partial charge >= 0.3 is 44.7 Å². The van der Waals surface area contributed by atoms with Gasteiger partial charge in [-0.25, -0.2) is 0 Å². The maximum absolute atomic E-state index is 12.3. The molecule has 234 valence electrons. The maximum atomic E-state index is 12.3. The van der Waals surface area contributed by atoms with Crippen molar-refractivity contribution in [2.24, 2.45) is 0 Å². The van der Waals surface area contributed by atoms with Gasteiger partial charge in [0.15, 0.2) is 0 Å². The van der Waals surface area contributed by atoms with E-state index in [-0.39, 0.29) is 97.5 Å². The van der Waals surface area contributed by atoms with Crippen molar-refractivity contribution >= 4 is 15.2 Å². The molecule has 0 heterocycles. The molecule has 0 saturated heterocycles. The second-order valence-corrected chi connectivity index (χ2v) is 12.9. The number of aromatic hydroxyl groups is 2. The normalized spacial score (nSPS) is 12.7. The van der Waals surface area contributed by atoms with Gasteiger partial charge in [0.2, 0.25) is 0 Å². The van der Waals surface area contributed by atoms with E-state index in [1.165, 1.54) is 28.0 Å². The molecule has 0 unspecified atom stereocenters. The summed E-state index contributed by atoms with van der Waals surface area (Å²) >= 11 is 0. The first kappa shape index (κ1) is 41.7. The molecule has 0 saturated carbocycles. The molecule has 0 aromatic heterocycles. The van der Waals surface area contributed by atoms with Gasteiger partial charge in [0.1, 0.15) is 23.6 Å². The summed E-state index contributed by atoms with van der Waals surface area (Å²) in [6, 6.07) is 5.93. The number of phenolic OH excluding ortho intramolecular Hbond substituents is 2. The molecule has 0 aliphatic heterocycles. The van der Waals surface area contributed by atoms with E-state index < -0.39 is 33.9 Å². The van der Waals surface area contributed by atoms with Crippen LogP contribution in [-0.4, -0.2) is 86.7 Å². The number of aliphatic hydroxyl groups is 3. The van der Waals surface area contributed by atoms with Crippen LogP contribution in [0.5, 0.6) is 11.5 Å². The number of hydrogen-bond acceptors (Lipinski definition) is 9. The third-order valence-electron chi connectivity index (χ3n) is 6.77. The summed E-state index contributed by atoms with van der Waals surface area (Å²) in [6.07, 6.45) is 0.119. The number of benzene rings is 2. The van der Waals surface area contributed by atoms with Crippen LogP contribution in [-0.2, 0) is 65.3 Å². The van der Waals surface area contributed by atoms with Crippen molar-refractivity contribution in [3.63, 3.8) is 0 Å². The predicted molar refractivity (Wildman–Crippen MR) is 147 cm³/mol. The molecule has 42 heavy (non-hydrogen) atoms. The Morgan fingerprint density at radius 2 is 1.43 bits per heavy atom. The number of hydrogen-bond donors (Lipinski definition) is 9. The van der Waals surface area contributed by atoms with Gasteiger partial charge < -0.3 is 45.1 Å². The van der Waals surface area contributed by atoms with E-state index in [1.807, 2.05) is 6.92 Å². The summed E-state index contributed by atoms with van der Waals surface area (Å²) < 4.78 is 24.3. The van der Waals surface area contributed by atoms with Crippen LogP contribution >= 0.6 is 15.2 Å². The molecule has 9 N–H and O–H groups in total. The quantitative estimate of drug-likeness (QED) is 0.0700. The first-order chi connectivity index (χ1) is 18.7. The summed E-state index contributed by atoms with van der Waals surface area (Å²) in [5.74, 6) is -2.03. The molecule has 0 bridgehead atoms. The van der Waals surface area contributed by atoms with Crippen LogP contribution in [0, 0.1) is 0 Å². The van der Waals surface area contributed by atoms with Crippen LogP contribution in [0.3, 0.4) is 0 Å². The molecular weight excluding hydrogens is 645 g/mol. The Morgan fingerprint density at radius 3 is 1.90 bits per heavy atom. The fraction of sp³-hybridized carbons (Fsp3) is 0.520. The van der Waals surface area contributed by atoms with E-state index in [0.29, 0.717) is 46.2 Å². The van der Waals surface area contributed by atoms with Crippen molar-refractivity contribution in [3.05, 3.63) is 57.6 Å². The second-order valence-electron chi connectivity index (χ2n) is 9.56. The van der Waals surface area contributed by atoms with Gasteiger partial charge in [-0.3, -0.25) is 18.9 Å². The molecule has 0 aliphatic rings. The first-order valence-corrected chi connectivity index (χ1v) is 16.2. The Hall–Kier alpha value is -0.341. The Morgan fingerprint density at radius 1 is 0.786 bits per heavy atom. The number of rotatable bonds is 16. The predicted octanol–water partition coefficient (Wildman–Crippen LogP) is -1.86. The fourth-order valence-corrected chi connectivity index (χ4v) is 6.39. The van der Waals surface area contributed by atoms with Gasteiger partial charge in [-0.1, -0.05) is 26.0 Å². The molecule has 13 nitrogen and oxygen atoms in total. The zero-order valence-electron chi connectivity index (χ0n) is 23.9. The Bertz CT molecular complexity index is 1250. The third kappa shape index (κ3) is 11.9. The number of nitrogens with zero attached hydrogens (tertiary/aromatic N) is 2. The summed E-state index contributed by atoms with van der Waals surface area (Å²) in [5, 5.41) is 50.3. The van der Waals surface area contributed by atoms with Crippen molar-refractivity contribution in [2.45, 2.75) is 58.8 Å². The SMILES string of the molecule is CCc1cc(CO)cc(O)c1CN(CCN(Cc1c(O)ccc(CO)c1CC)[C@H](CO)P(=O)(O)O)CP(=O)(O)O.[Fe].[Na+]. The number of phenols is 2. The monoisotopic (exact) mass is 685 g/mol. The molecule has 0 radical (unpaired) electrons. The van der Waals surface area contributed by atoms with Gasteiger partial charge in [-0.2, -0.15) is 0 Å². The van der Waals surface area contributed by atoms with Gasteiger partial charge in [-0.05, 0) is 47.2 Å². The van der Waals surface area contributed by atoms with Crippen molar-refractivity contribution < 1.29 is 101 Å². The topological polar surface area (TPSA) is 223 Å². The summed E-state index contributed by atoms with van der Waals surface area (Å²) in [5.41, 5.74) is 2.89. The zero-order valence-corrected chi connectivity index (χ0v) is 28.8. The van der Waals surface area contributed by atoms with E-state index in [2.05, 4.69) is 0 Å². The van der Waals surface area contributed by atoms with E-state index in [4.69, 9.17) is 0 Å². The molecule has 2 aromatic carbocycles. The van der Waals surface area contributed by atoms with Crippen LogP contribution in [0.1, 0.15) is 47.2 Å². The third-order valence-corrected chi connectivity index (χ3v) is 8.81. The molecule has 0 fully saturated rings. The van der Waals surface area contributed by atoms with Crippen LogP contribution in [0.15, 0.2) is 24.3 Å². The molecular formula is C25H40FeN2NaO11P2+. The first-order valence-electron chi connectivity index (χ1n) is 12.7. The van der Waals surface area contributed by atoms with Crippen molar-refractivity contribution in [3.8, 4) is 11.5 Å². The van der Waals surface area contributed by atoms with Crippen LogP contribution in [0.2, 0.25) is 0 Å². The zero-order chi connectivity index (χ0) is 30.3. The maximum Gasteiger partial charge on any atom is 1.00 e. The minimum Gasteiger partial charge on any atom is -0.508 e. The standard InChI is InChI=1S/C25H40N2O11P2.Fe.Na/c1-3-18-9-17(13-28)10-24(32)21(18)11-26(16-39(33,34)35)7-8-27(25(15-30)40(36,37)38)12-22-20(4-2)19(14-29)5-6-23(22)31;;/h5-6,9-10,25,28-32H,3-4,7-8,11-16H2,1-2H3,(H2,33,34,35)(H2,36,37,38);;/q;;+1/t25-;;/m0../s1. The summed E-state index contributed by atoms with van der Waals surface area (Å²) in [4.78, 5) is 42.0. The molecule has 0 amide bonds. The van der Waals surface area contributed by atoms with Crippen molar-refractivity contribution in [2.75, 3.05) is 26.0 Å². The van der Waals surface area contributed by atoms with Gasteiger partial charge in [0, 0.05) is 54.4 Å². The molecule has 0 spiro atoms.